The van der Waals surface area contributed by atoms with Gasteiger partial charge < -0.3 is 41.3 Å². The lowest BCUT2D eigenvalue weighted by atomic mass is 10.1. The molecule has 0 bridgehead atoms. The van der Waals surface area contributed by atoms with Crippen molar-refractivity contribution in [2.75, 3.05) is 50.8 Å². The molecule has 48 heavy (non-hydrogen) atoms. The fraction of sp³-hybridized carbons (Fsp3) is 0.692. The number of carboxylic acid groups (broad SMARTS) is 6. The number of hydrogen-bond donors (Lipinski definition) is 8. The minimum absolute atomic E-state index is 0. The molecular weight excluding hydrogens is 727 g/mol. The quantitative estimate of drug-likeness (QED) is 0.0377. The maximum atomic E-state index is 12.0. The average molecular weight is 772 g/mol. The Hall–Kier alpha value is -3.04. The second-order valence-electron chi connectivity index (χ2n) is 9.93. The molecule has 0 aliphatic heterocycles. The van der Waals surface area contributed by atoms with Crippen molar-refractivity contribution in [3.05, 3.63) is 0 Å². The maximum Gasteiger partial charge on any atom is 0.320 e. The molecule has 0 aromatic carbocycles. The Morgan fingerprint density at radius 2 is 0.792 bits per heavy atom. The normalized spacial score (nSPS) is 11.8. The van der Waals surface area contributed by atoms with Crippen LogP contribution in [0.3, 0.4) is 0 Å². The molecule has 0 saturated carbocycles. The Kier molecular flexibility index (Phi) is 29.7. The van der Waals surface area contributed by atoms with Gasteiger partial charge in [0.25, 0.3) is 0 Å². The van der Waals surface area contributed by atoms with E-state index >= 15 is 0 Å². The molecule has 0 rings (SSSR count). The predicted molar refractivity (Wildman–Crippen MR) is 179 cm³/mol. The first-order valence-corrected chi connectivity index (χ1v) is 16.7. The van der Waals surface area contributed by atoms with Crippen LogP contribution in [0, 0.1) is 0 Å². The van der Waals surface area contributed by atoms with E-state index in [1.165, 1.54) is 21.6 Å². The summed E-state index contributed by atoms with van der Waals surface area (Å²) in [6, 6.07) is -2.57. The molecule has 22 heteroatoms. The Labute approximate surface area is 296 Å². The van der Waals surface area contributed by atoms with Gasteiger partial charge in [-0.1, -0.05) is 21.6 Å². The molecule has 0 aromatic rings. The molecule has 0 heterocycles. The molecule has 18 nitrogen and oxygen atoms in total. The van der Waals surface area contributed by atoms with Gasteiger partial charge in [0.2, 0.25) is 11.8 Å². The molecule has 0 spiro atoms. The number of carboxylic acids is 6. The van der Waals surface area contributed by atoms with E-state index in [1.807, 2.05) is 0 Å². The van der Waals surface area contributed by atoms with Crippen LogP contribution in [0.1, 0.15) is 51.4 Å². The lowest BCUT2D eigenvalue weighted by Crippen LogP contribution is -2.46. The van der Waals surface area contributed by atoms with E-state index in [4.69, 9.17) is 20.4 Å². The molecule has 2 unspecified atom stereocenters. The predicted octanol–water partition coefficient (Wildman–Crippen LogP) is 0.413. The van der Waals surface area contributed by atoms with Gasteiger partial charge in [-0.2, -0.15) is 0 Å². The van der Waals surface area contributed by atoms with Gasteiger partial charge in [0.15, 0.2) is 0 Å². The summed E-state index contributed by atoms with van der Waals surface area (Å²) in [6.45, 7) is -2.38. The summed E-state index contributed by atoms with van der Waals surface area (Å²) in [6.07, 6.45) is 1.91. The third-order valence-electron chi connectivity index (χ3n) is 6.17. The summed E-state index contributed by atoms with van der Waals surface area (Å²) in [5.41, 5.74) is 0. The standard InChI is InChI=1S/C26H42N4O14S2.2ClH/c31-19(27-9-3-1-5-17(25(41)42)29(13-21(33)34)14-22(35)36)7-11-45-46-12-8-20(32)28-10-4-2-6-18(26(43)44)30(15-23(37)38)16-24(39)40;;/h17-18H,1-16H2,(H,27,31)(H,28,32)(H,33,34)(H,35,36)(H,37,38)(H,39,40)(H,41,42)(H,43,44);2*1H. The Morgan fingerprint density at radius 1 is 0.500 bits per heavy atom. The largest absolute Gasteiger partial charge is 0.480 e. The van der Waals surface area contributed by atoms with E-state index in [0.717, 1.165) is 9.80 Å². The van der Waals surface area contributed by atoms with E-state index in [9.17, 15) is 48.6 Å². The molecule has 0 fully saturated rings. The number of rotatable bonds is 29. The van der Waals surface area contributed by atoms with E-state index in [1.54, 1.807) is 0 Å². The maximum absolute atomic E-state index is 12.0. The number of nitrogens with zero attached hydrogens (tertiary/aromatic N) is 2. The number of amides is 2. The van der Waals surface area contributed by atoms with Crippen LogP contribution in [0.4, 0.5) is 0 Å². The second-order valence-corrected chi connectivity index (χ2v) is 12.6. The third-order valence-corrected chi connectivity index (χ3v) is 8.57. The fourth-order valence-electron chi connectivity index (χ4n) is 4.12. The summed E-state index contributed by atoms with van der Waals surface area (Å²) in [7, 11) is 2.80. The lowest BCUT2D eigenvalue weighted by molar-refractivity contribution is -0.152. The number of carbonyl (C=O) groups excluding carboxylic acids is 2. The summed E-state index contributed by atoms with van der Waals surface area (Å²) in [5, 5.41) is 59.9. The van der Waals surface area contributed by atoms with Gasteiger partial charge in [-0.15, -0.1) is 24.8 Å². The van der Waals surface area contributed by atoms with Crippen molar-refractivity contribution in [2.45, 2.75) is 63.5 Å². The number of aliphatic carboxylic acids is 6. The van der Waals surface area contributed by atoms with Crippen LogP contribution in [0.25, 0.3) is 0 Å². The summed E-state index contributed by atoms with van der Waals surface area (Å²) in [4.78, 5) is 92.6. The Bertz CT molecular complexity index is 948. The van der Waals surface area contributed by atoms with Crippen molar-refractivity contribution in [1.82, 2.24) is 20.4 Å². The summed E-state index contributed by atoms with van der Waals surface area (Å²) in [5.74, 6) is -7.54. The zero-order valence-corrected chi connectivity index (χ0v) is 29.2. The lowest BCUT2D eigenvalue weighted by Gasteiger charge is -2.25. The highest BCUT2D eigenvalue weighted by atomic mass is 35.5. The van der Waals surface area contributed by atoms with Crippen LogP contribution in [-0.4, -0.2) is 151 Å². The van der Waals surface area contributed by atoms with E-state index in [-0.39, 0.29) is 75.4 Å². The summed E-state index contributed by atoms with van der Waals surface area (Å²) >= 11 is 0. The first-order chi connectivity index (χ1) is 21.6. The smallest absolute Gasteiger partial charge is 0.320 e. The molecule has 0 radical (unpaired) electrons. The van der Waals surface area contributed by atoms with Gasteiger partial charge in [0, 0.05) is 37.4 Å². The minimum Gasteiger partial charge on any atom is -0.480 e. The number of unbranched alkanes of at least 4 members (excludes halogenated alkanes) is 2. The highest BCUT2D eigenvalue weighted by Crippen LogP contribution is 2.22. The first kappa shape index (κ1) is 49.3. The van der Waals surface area contributed by atoms with Crippen LogP contribution < -0.4 is 10.6 Å². The number of nitrogens with one attached hydrogen (secondary N) is 2. The van der Waals surface area contributed by atoms with Gasteiger partial charge in [-0.25, -0.2) is 0 Å². The highest BCUT2D eigenvalue weighted by Gasteiger charge is 2.29. The van der Waals surface area contributed by atoms with Gasteiger partial charge >= 0.3 is 35.8 Å². The van der Waals surface area contributed by atoms with Crippen molar-refractivity contribution in [1.29, 1.82) is 0 Å². The Balaban J connectivity index is -0.0000101. The van der Waals surface area contributed by atoms with Crippen LogP contribution >= 0.6 is 46.4 Å². The van der Waals surface area contributed by atoms with Crippen LogP contribution in [0.15, 0.2) is 0 Å². The fourth-order valence-corrected chi connectivity index (χ4v) is 6.10. The van der Waals surface area contributed by atoms with Crippen molar-refractivity contribution in [2.24, 2.45) is 0 Å². The van der Waals surface area contributed by atoms with Crippen molar-refractivity contribution < 1.29 is 69.0 Å². The number of halogens is 2. The molecule has 8 N–H and O–H groups in total. The van der Waals surface area contributed by atoms with Crippen LogP contribution in [0.5, 0.6) is 0 Å². The second kappa shape index (κ2) is 28.9. The molecular formula is C26H44Cl2N4O14S2. The third kappa shape index (κ3) is 26.0. The SMILES string of the molecule is Cl.Cl.O=C(O)CN(CC(=O)O)C(CCCCNC(=O)CCSSCCC(=O)NCCCCC(C(=O)O)N(CC(=O)O)CC(=O)O)C(=O)O. The molecule has 0 aliphatic rings. The minimum atomic E-state index is -1.34. The molecule has 2 atom stereocenters. The van der Waals surface area contributed by atoms with E-state index in [0.29, 0.717) is 37.2 Å². The first-order valence-electron chi connectivity index (χ1n) is 14.2. The monoisotopic (exact) mass is 770 g/mol. The van der Waals surface area contributed by atoms with Crippen molar-refractivity contribution >= 4 is 94.0 Å². The Morgan fingerprint density at radius 3 is 1.04 bits per heavy atom. The zero-order chi connectivity index (χ0) is 35.1. The molecule has 0 aliphatic carbocycles. The van der Waals surface area contributed by atoms with Crippen LogP contribution in [0.2, 0.25) is 0 Å². The summed E-state index contributed by atoms with van der Waals surface area (Å²) < 4.78 is 0. The van der Waals surface area contributed by atoms with E-state index < -0.39 is 74.1 Å². The molecule has 2 amide bonds. The molecule has 278 valence electrons. The molecule has 0 aromatic heterocycles. The highest BCUT2D eigenvalue weighted by molar-refractivity contribution is 8.76. The topological polar surface area (TPSA) is 288 Å². The molecule has 0 saturated heterocycles. The van der Waals surface area contributed by atoms with Crippen LogP contribution in [-0.2, 0) is 38.4 Å². The van der Waals surface area contributed by atoms with E-state index in [2.05, 4.69) is 10.6 Å². The van der Waals surface area contributed by atoms with Gasteiger partial charge in [0.05, 0.1) is 26.2 Å². The number of hydrogen-bond acceptors (Lipinski definition) is 12. The van der Waals surface area contributed by atoms with Gasteiger partial charge in [0.1, 0.15) is 12.1 Å². The zero-order valence-electron chi connectivity index (χ0n) is 25.9. The van der Waals surface area contributed by atoms with Crippen molar-refractivity contribution in [3.63, 3.8) is 0 Å². The van der Waals surface area contributed by atoms with Crippen molar-refractivity contribution in [3.8, 4) is 0 Å². The average Bonchev–Trinajstić information content (AvgIpc) is 2.92. The van der Waals surface area contributed by atoms with Gasteiger partial charge in [-0.05, 0) is 38.5 Å². The number of carbonyl (C=O) groups is 8. The van der Waals surface area contributed by atoms with Gasteiger partial charge in [-0.3, -0.25) is 48.2 Å².